The zero-order valence-electron chi connectivity index (χ0n) is 6.99. The van der Waals surface area contributed by atoms with E-state index >= 15 is 0 Å². The molecule has 0 saturated carbocycles. The largest absolute Gasteiger partial charge is 0.506 e. The highest BCUT2D eigenvalue weighted by Gasteiger charge is 2.16. The van der Waals surface area contributed by atoms with Gasteiger partial charge in [-0.2, -0.15) is 0 Å². The highest BCUT2D eigenvalue weighted by Crippen LogP contribution is 2.27. The molecule has 1 aromatic carbocycles. The molecule has 0 aromatic heterocycles. The van der Waals surface area contributed by atoms with Gasteiger partial charge in [0.15, 0.2) is 5.78 Å². The number of rotatable bonds is 2. The van der Waals surface area contributed by atoms with E-state index in [1.165, 1.54) is 0 Å². The molecular formula is C9H9BrO2S. The number of para-hydroxylation sites is 1. The van der Waals surface area contributed by atoms with Gasteiger partial charge in [-0.05, 0) is 19.1 Å². The molecule has 0 spiro atoms. The zero-order valence-corrected chi connectivity index (χ0v) is 9.47. The van der Waals surface area contributed by atoms with Crippen molar-refractivity contribution in [3.05, 3.63) is 23.8 Å². The topological polar surface area (TPSA) is 37.3 Å². The van der Waals surface area contributed by atoms with E-state index in [2.05, 4.69) is 28.6 Å². The number of ketones is 1. The molecule has 4 heteroatoms. The smallest absolute Gasteiger partial charge is 0.179 e. The summed E-state index contributed by atoms with van der Waals surface area (Å²) < 4.78 is 0. The second-order valence-corrected chi connectivity index (χ2v) is 4.51. The minimum atomic E-state index is -0.298. The lowest BCUT2D eigenvalue weighted by atomic mass is 10.1. The fourth-order valence-electron chi connectivity index (χ4n) is 0.944. The number of aromatic hydroxyl groups is 1. The van der Waals surface area contributed by atoms with Crippen molar-refractivity contribution in [2.45, 2.75) is 16.6 Å². The third kappa shape index (κ3) is 2.25. The number of hydrogen-bond donors (Lipinski definition) is 2. The van der Waals surface area contributed by atoms with Crippen LogP contribution in [0.3, 0.4) is 0 Å². The van der Waals surface area contributed by atoms with E-state index in [0.29, 0.717) is 10.5 Å². The van der Waals surface area contributed by atoms with Gasteiger partial charge >= 0.3 is 0 Å². The molecule has 0 aliphatic heterocycles. The fourth-order valence-corrected chi connectivity index (χ4v) is 1.40. The van der Waals surface area contributed by atoms with Crippen LogP contribution < -0.4 is 0 Å². The standard InChI is InChI=1S/C9H9BrO2S/c1-5(10)8(11)6-3-2-4-7(13)9(6)12/h2-5,12-13H,1H3. The molecule has 1 atom stereocenters. The lowest BCUT2D eigenvalue weighted by Crippen LogP contribution is -2.10. The van der Waals surface area contributed by atoms with E-state index in [0.717, 1.165) is 0 Å². The van der Waals surface area contributed by atoms with Gasteiger partial charge in [-0.1, -0.05) is 22.0 Å². The zero-order chi connectivity index (χ0) is 10.0. The average Bonchev–Trinajstić information content (AvgIpc) is 2.08. The highest BCUT2D eigenvalue weighted by atomic mass is 79.9. The predicted molar refractivity (Wildman–Crippen MR) is 58.1 cm³/mol. The van der Waals surface area contributed by atoms with Crippen LogP contribution >= 0.6 is 28.6 Å². The summed E-state index contributed by atoms with van der Waals surface area (Å²) in [5.74, 6) is -0.199. The van der Waals surface area contributed by atoms with E-state index in [4.69, 9.17) is 0 Å². The van der Waals surface area contributed by atoms with Crippen LogP contribution in [0.4, 0.5) is 0 Å². The van der Waals surface area contributed by atoms with Crippen LogP contribution in [0.5, 0.6) is 5.75 Å². The Labute approximate surface area is 90.5 Å². The maximum atomic E-state index is 11.5. The first-order valence-corrected chi connectivity index (χ1v) is 5.09. The third-order valence-electron chi connectivity index (χ3n) is 1.64. The number of hydrogen-bond acceptors (Lipinski definition) is 3. The van der Waals surface area contributed by atoms with Crippen LogP contribution in [-0.4, -0.2) is 15.7 Å². The molecule has 0 radical (unpaired) electrons. The molecule has 0 aliphatic carbocycles. The van der Waals surface area contributed by atoms with Crippen molar-refractivity contribution in [1.82, 2.24) is 0 Å². The Kier molecular flexibility index (Phi) is 3.39. The summed E-state index contributed by atoms with van der Waals surface area (Å²) >= 11 is 7.16. The first kappa shape index (κ1) is 10.6. The molecule has 2 nitrogen and oxygen atoms in total. The van der Waals surface area contributed by atoms with E-state index in [9.17, 15) is 9.90 Å². The molecule has 1 unspecified atom stereocenters. The van der Waals surface area contributed by atoms with E-state index in [1.807, 2.05) is 0 Å². The summed E-state index contributed by atoms with van der Waals surface area (Å²) in [5.41, 5.74) is 0.303. The van der Waals surface area contributed by atoms with Gasteiger partial charge in [-0.25, -0.2) is 0 Å². The summed E-state index contributed by atoms with van der Waals surface area (Å²) in [5, 5.41) is 9.50. The first-order valence-electron chi connectivity index (χ1n) is 3.73. The van der Waals surface area contributed by atoms with Crippen LogP contribution in [0, 0.1) is 0 Å². The fraction of sp³-hybridized carbons (Fsp3) is 0.222. The number of carbonyl (C=O) groups is 1. The SMILES string of the molecule is CC(Br)C(=O)c1cccc(S)c1O. The van der Waals surface area contributed by atoms with Gasteiger partial charge < -0.3 is 5.11 Å². The summed E-state index contributed by atoms with van der Waals surface area (Å²) in [6.45, 7) is 1.72. The van der Waals surface area contributed by atoms with Crippen LogP contribution in [0.1, 0.15) is 17.3 Å². The van der Waals surface area contributed by atoms with Crippen molar-refractivity contribution in [3.63, 3.8) is 0 Å². The molecule has 13 heavy (non-hydrogen) atoms. The van der Waals surface area contributed by atoms with Crippen molar-refractivity contribution in [1.29, 1.82) is 0 Å². The number of phenolic OH excluding ortho intramolecular Hbond substituents is 1. The minimum Gasteiger partial charge on any atom is -0.506 e. The van der Waals surface area contributed by atoms with E-state index in [-0.39, 0.29) is 16.4 Å². The molecule has 0 heterocycles. The molecule has 0 bridgehead atoms. The summed E-state index contributed by atoms with van der Waals surface area (Å²) in [4.78, 5) is 11.6. The Balaban J connectivity index is 3.15. The normalized spacial score (nSPS) is 12.5. The third-order valence-corrected chi connectivity index (χ3v) is 2.42. The van der Waals surface area contributed by atoms with Crippen LogP contribution in [0.15, 0.2) is 23.1 Å². The summed E-state index contributed by atoms with van der Waals surface area (Å²) in [7, 11) is 0. The molecule has 1 rings (SSSR count). The number of carbonyl (C=O) groups excluding carboxylic acids is 1. The van der Waals surface area contributed by atoms with E-state index in [1.54, 1.807) is 25.1 Å². The van der Waals surface area contributed by atoms with Crippen LogP contribution in [0.2, 0.25) is 0 Å². The number of halogens is 1. The Hall–Kier alpha value is -0.480. The Bertz CT molecular complexity index is 336. The number of Topliss-reactive ketones (excluding diaryl/α,β-unsaturated/α-hetero) is 1. The minimum absolute atomic E-state index is 0.0536. The van der Waals surface area contributed by atoms with Gasteiger partial charge in [0.05, 0.1) is 10.4 Å². The number of benzene rings is 1. The van der Waals surface area contributed by atoms with Crippen molar-refractivity contribution in [3.8, 4) is 5.75 Å². The molecule has 0 saturated heterocycles. The molecule has 1 aromatic rings. The Morgan fingerprint density at radius 2 is 2.23 bits per heavy atom. The maximum absolute atomic E-state index is 11.5. The lowest BCUT2D eigenvalue weighted by Gasteiger charge is -2.06. The Morgan fingerprint density at radius 3 is 2.77 bits per heavy atom. The predicted octanol–water partition coefficient (Wildman–Crippen LogP) is 2.65. The monoisotopic (exact) mass is 260 g/mol. The Morgan fingerprint density at radius 1 is 1.62 bits per heavy atom. The number of alkyl halides is 1. The number of phenols is 1. The summed E-state index contributed by atoms with van der Waals surface area (Å²) in [6, 6.07) is 4.90. The lowest BCUT2D eigenvalue weighted by molar-refractivity contribution is 0.0993. The molecule has 70 valence electrons. The number of thiol groups is 1. The highest BCUT2D eigenvalue weighted by molar-refractivity contribution is 9.10. The van der Waals surface area contributed by atoms with Crippen molar-refractivity contribution in [2.24, 2.45) is 0 Å². The molecule has 0 aliphatic rings. The molecular weight excluding hydrogens is 252 g/mol. The van der Waals surface area contributed by atoms with Crippen molar-refractivity contribution >= 4 is 34.3 Å². The van der Waals surface area contributed by atoms with Crippen LogP contribution in [0.25, 0.3) is 0 Å². The average molecular weight is 261 g/mol. The second-order valence-electron chi connectivity index (χ2n) is 2.65. The molecule has 1 N–H and O–H groups in total. The second kappa shape index (κ2) is 4.15. The summed E-state index contributed by atoms with van der Waals surface area (Å²) in [6.07, 6.45) is 0. The van der Waals surface area contributed by atoms with Gasteiger partial charge in [0.2, 0.25) is 0 Å². The van der Waals surface area contributed by atoms with Crippen molar-refractivity contribution in [2.75, 3.05) is 0 Å². The quantitative estimate of drug-likeness (QED) is 0.488. The van der Waals surface area contributed by atoms with Crippen molar-refractivity contribution < 1.29 is 9.90 Å². The molecule has 0 amide bonds. The first-order chi connectivity index (χ1) is 6.04. The van der Waals surface area contributed by atoms with Crippen LogP contribution in [-0.2, 0) is 0 Å². The van der Waals surface area contributed by atoms with Gasteiger partial charge in [0.25, 0.3) is 0 Å². The van der Waals surface area contributed by atoms with Gasteiger partial charge in [-0.3, -0.25) is 4.79 Å². The van der Waals surface area contributed by atoms with Gasteiger partial charge in [-0.15, -0.1) is 12.6 Å². The van der Waals surface area contributed by atoms with Gasteiger partial charge in [0, 0.05) is 4.90 Å². The molecule has 0 fully saturated rings. The maximum Gasteiger partial charge on any atom is 0.179 e. The van der Waals surface area contributed by atoms with Gasteiger partial charge in [0.1, 0.15) is 5.75 Å². The van der Waals surface area contributed by atoms with E-state index < -0.39 is 0 Å².